The summed E-state index contributed by atoms with van der Waals surface area (Å²) in [6.45, 7) is 15.6. The van der Waals surface area contributed by atoms with Gasteiger partial charge in [0.15, 0.2) is 0 Å². The van der Waals surface area contributed by atoms with E-state index in [1.54, 1.807) is 0 Å². The monoisotopic (exact) mass is 330 g/mol. The Balaban J connectivity index is 2.14. The second-order valence-corrected chi connectivity index (χ2v) is 10.7. The van der Waals surface area contributed by atoms with Crippen molar-refractivity contribution in [1.29, 1.82) is 0 Å². The van der Waals surface area contributed by atoms with Crippen LogP contribution in [-0.2, 0) is 10.0 Å². The summed E-state index contributed by atoms with van der Waals surface area (Å²) in [6, 6.07) is 0.590. The summed E-state index contributed by atoms with van der Waals surface area (Å²) in [5, 5.41) is 0. The van der Waals surface area contributed by atoms with Gasteiger partial charge in [-0.25, -0.2) is 8.42 Å². The lowest BCUT2D eigenvalue weighted by Gasteiger charge is -2.41. The van der Waals surface area contributed by atoms with Crippen LogP contribution >= 0.6 is 0 Å². The largest absolute Gasteiger partial charge is 0.301 e. The minimum Gasteiger partial charge on any atom is -0.301 e. The van der Waals surface area contributed by atoms with Gasteiger partial charge in [-0.1, -0.05) is 13.8 Å². The molecule has 130 valence electrons. The molecule has 0 amide bonds. The highest BCUT2D eigenvalue weighted by Gasteiger charge is 2.53. The maximum atomic E-state index is 12.8. The van der Waals surface area contributed by atoms with Crippen LogP contribution < -0.4 is 0 Å². The molecule has 0 unspecified atom stereocenters. The first kappa shape index (κ1) is 18.2. The highest BCUT2D eigenvalue weighted by Crippen LogP contribution is 2.49. The van der Waals surface area contributed by atoms with E-state index in [0.717, 1.165) is 38.9 Å². The summed E-state index contributed by atoms with van der Waals surface area (Å²) < 4.78 is 27.4. The molecule has 0 bridgehead atoms. The van der Waals surface area contributed by atoms with Crippen molar-refractivity contribution in [2.24, 2.45) is 11.3 Å². The zero-order chi connectivity index (χ0) is 16.8. The fourth-order valence-corrected chi connectivity index (χ4v) is 6.73. The molecule has 4 nitrogen and oxygen atoms in total. The number of hydrogen-bond donors (Lipinski definition) is 0. The Morgan fingerprint density at radius 3 is 2.05 bits per heavy atom. The molecule has 2 aliphatic heterocycles. The Bertz CT molecular complexity index is 489. The molecular formula is C17H34N2O2S. The minimum absolute atomic E-state index is 0.181. The topological polar surface area (TPSA) is 40.6 Å². The maximum Gasteiger partial charge on any atom is 0.214 e. The molecule has 0 aromatic rings. The van der Waals surface area contributed by atoms with E-state index in [1.807, 2.05) is 18.2 Å². The van der Waals surface area contributed by atoms with Crippen LogP contribution in [-0.4, -0.2) is 54.6 Å². The van der Waals surface area contributed by atoms with Crippen LogP contribution in [0, 0.1) is 11.3 Å². The molecule has 1 spiro atoms. The molecule has 0 atom stereocenters. The number of sulfonamides is 1. The van der Waals surface area contributed by atoms with Gasteiger partial charge < -0.3 is 4.90 Å². The predicted molar refractivity (Wildman–Crippen MR) is 92.4 cm³/mol. The van der Waals surface area contributed by atoms with Gasteiger partial charge in [0, 0.05) is 18.1 Å². The second kappa shape index (κ2) is 6.06. The van der Waals surface area contributed by atoms with E-state index < -0.39 is 10.0 Å². The standard InChI is InChI=1S/C17H34N2O2S/c1-14(2)11-22(20,21)19-13-17(12-16(19,5)6)7-9-18(10-8-17)15(3)4/h14-15H,7-13H2,1-6H3. The molecule has 0 N–H and O–H groups in total. The zero-order valence-corrected chi connectivity index (χ0v) is 16.0. The molecule has 0 aromatic carbocycles. The van der Waals surface area contributed by atoms with E-state index in [9.17, 15) is 8.42 Å². The first-order valence-corrected chi connectivity index (χ1v) is 10.3. The van der Waals surface area contributed by atoms with E-state index in [4.69, 9.17) is 0 Å². The van der Waals surface area contributed by atoms with Crippen LogP contribution in [0.4, 0.5) is 0 Å². The smallest absolute Gasteiger partial charge is 0.214 e. The van der Waals surface area contributed by atoms with Crippen molar-refractivity contribution in [3.05, 3.63) is 0 Å². The molecule has 2 aliphatic rings. The van der Waals surface area contributed by atoms with Crippen LogP contribution in [0.1, 0.15) is 60.8 Å². The van der Waals surface area contributed by atoms with Crippen molar-refractivity contribution in [1.82, 2.24) is 9.21 Å². The second-order valence-electron chi connectivity index (χ2n) is 8.80. The molecule has 2 saturated heterocycles. The summed E-state index contributed by atoms with van der Waals surface area (Å²) in [5.41, 5.74) is -0.0489. The van der Waals surface area contributed by atoms with Gasteiger partial charge >= 0.3 is 0 Å². The molecular weight excluding hydrogens is 296 g/mol. The molecule has 22 heavy (non-hydrogen) atoms. The molecule has 0 radical (unpaired) electrons. The van der Waals surface area contributed by atoms with Gasteiger partial charge in [0.1, 0.15) is 0 Å². The number of hydrogen-bond acceptors (Lipinski definition) is 3. The highest BCUT2D eigenvalue weighted by atomic mass is 32.2. The van der Waals surface area contributed by atoms with Crippen molar-refractivity contribution in [2.75, 3.05) is 25.4 Å². The van der Waals surface area contributed by atoms with Gasteiger partial charge in [0.05, 0.1) is 5.75 Å². The van der Waals surface area contributed by atoms with Crippen molar-refractivity contribution in [2.45, 2.75) is 72.4 Å². The van der Waals surface area contributed by atoms with Gasteiger partial charge in [-0.2, -0.15) is 4.31 Å². The average Bonchev–Trinajstić information content (AvgIpc) is 2.60. The van der Waals surface area contributed by atoms with Crippen molar-refractivity contribution >= 4 is 10.0 Å². The lowest BCUT2D eigenvalue weighted by molar-refractivity contribution is 0.0903. The van der Waals surface area contributed by atoms with Crippen LogP contribution in [0.25, 0.3) is 0 Å². The molecule has 0 aliphatic carbocycles. The Kier molecular flexibility index (Phi) is 5.02. The summed E-state index contributed by atoms with van der Waals surface area (Å²) in [5.74, 6) is 0.449. The minimum atomic E-state index is -3.15. The molecule has 2 rings (SSSR count). The lowest BCUT2D eigenvalue weighted by atomic mass is 9.74. The first-order chi connectivity index (χ1) is 9.97. The van der Waals surface area contributed by atoms with Gasteiger partial charge in [0.25, 0.3) is 0 Å². The van der Waals surface area contributed by atoms with Crippen molar-refractivity contribution < 1.29 is 8.42 Å². The van der Waals surface area contributed by atoms with Gasteiger partial charge in [0.2, 0.25) is 10.0 Å². The molecule has 2 fully saturated rings. The number of rotatable bonds is 4. The van der Waals surface area contributed by atoms with Gasteiger partial charge in [-0.05, 0) is 71.4 Å². The Labute approximate surface area is 137 Å². The van der Waals surface area contributed by atoms with E-state index in [1.165, 1.54) is 0 Å². The third kappa shape index (κ3) is 3.68. The lowest BCUT2D eigenvalue weighted by Crippen LogP contribution is -2.46. The average molecular weight is 331 g/mol. The normalized spacial score (nSPS) is 26.4. The fourth-order valence-electron chi connectivity index (χ4n) is 4.42. The molecule has 0 aromatic heterocycles. The van der Waals surface area contributed by atoms with Crippen LogP contribution in [0.15, 0.2) is 0 Å². The highest BCUT2D eigenvalue weighted by molar-refractivity contribution is 7.89. The number of nitrogens with zero attached hydrogens (tertiary/aromatic N) is 2. The zero-order valence-electron chi connectivity index (χ0n) is 15.2. The molecule has 0 saturated carbocycles. The molecule has 5 heteroatoms. The third-order valence-corrected chi connectivity index (χ3v) is 7.81. The fraction of sp³-hybridized carbons (Fsp3) is 1.00. The Hall–Kier alpha value is -0.130. The van der Waals surface area contributed by atoms with E-state index in [2.05, 4.69) is 32.6 Å². The third-order valence-electron chi connectivity index (χ3n) is 5.43. The number of likely N-dealkylation sites (tertiary alicyclic amines) is 1. The van der Waals surface area contributed by atoms with Crippen LogP contribution in [0.2, 0.25) is 0 Å². The Morgan fingerprint density at radius 1 is 1.05 bits per heavy atom. The number of piperidine rings is 1. The SMILES string of the molecule is CC(C)CS(=O)(=O)N1CC2(CCN(C(C)C)CC2)CC1(C)C. The van der Waals surface area contributed by atoms with Gasteiger partial charge in [-0.3, -0.25) is 0 Å². The van der Waals surface area contributed by atoms with E-state index in [-0.39, 0.29) is 22.6 Å². The summed E-state index contributed by atoms with van der Waals surface area (Å²) in [6.07, 6.45) is 3.26. The molecule has 2 heterocycles. The van der Waals surface area contributed by atoms with Crippen LogP contribution in [0.5, 0.6) is 0 Å². The van der Waals surface area contributed by atoms with Crippen molar-refractivity contribution in [3.8, 4) is 0 Å². The summed E-state index contributed by atoms with van der Waals surface area (Å²) in [4.78, 5) is 2.52. The van der Waals surface area contributed by atoms with E-state index >= 15 is 0 Å². The predicted octanol–water partition coefficient (Wildman–Crippen LogP) is 2.95. The summed E-state index contributed by atoms with van der Waals surface area (Å²) >= 11 is 0. The van der Waals surface area contributed by atoms with E-state index in [0.29, 0.717) is 6.04 Å². The quantitative estimate of drug-likeness (QED) is 0.796. The first-order valence-electron chi connectivity index (χ1n) is 8.72. The van der Waals surface area contributed by atoms with Crippen molar-refractivity contribution in [3.63, 3.8) is 0 Å². The Morgan fingerprint density at radius 2 is 1.59 bits per heavy atom. The maximum absolute atomic E-state index is 12.8. The summed E-state index contributed by atoms with van der Waals surface area (Å²) in [7, 11) is -3.15. The van der Waals surface area contributed by atoms with Gasteiger partial charge in [-0.15, -0.1) is 0 Å². The van der Waals surface area contributed by atoms with Crippen LogP contribution in [0.3, 0.4) is 0 Å².